The molecule has 0 spiro atoms. The molecule has 0 aromatic carbocycles. The summed E-state index contributed by atoms with van der Waals surface area (Å²) in [6, 6.07) is 0. The Bertz CT molecular complexity index is 1120. The molecule has 30 N–H and O–H groups in total. The van der Waals surface area contributed by atoms with Crippen LogP contribution in [-0.2, 0) is 31.2 Å². The quantitative estimate of drug-likeness (QED) is 0.100. The number of hydrogen-bond donors (Lipinski definition) is 30. The molecule has 0 bridgehead atoms. The van der Waals surface area contributed by atoms with Crippen LogP contribution < -0.4 is 128 Å². The summed E-state index contributed by atoms with van der Waals surface area (Å²) >= 11 is 0. The van der Waals surface area contributed by atoms with E-state index in [2.05, 4.69) is 128 Å². The molecule has 87 heavy (non-hydrogen) atoms. The summed E-state index contributed by atoms with van der Waals surface area (Å²) in [4.78, 5) is 0. The zero-order valence-electron chi connectivity index (χ0n) is 52.3. The van der Waals surface area contributed by atoms with Crippen molar-refractivity contribution >= 4 is 31.2 Å². The Kier molecular flexibility index (Phi) is 77.8. The highest BCUT2D eigenvalue weighted by molar-refractivity contribution is 7.80. The second kappa shape index (κ2) is 75.4. The van der Waals surface area contributed by atoms with Gasteiger partial charge >= 0.3 is 31.2 Å². The molecule has 0 unspecified atom stereocenters. The van der Waals surface area contributed by atoms with Crippen LogP contribution in [0.15, 0.2) is 0 Å². The predicted octanol–water partition coefficient (Wildman–Crippen LogP) is -11.8. The van der Waals surface area contributed by atoms with Gasteiger partial charge in [0, 0.05) is 314 Å². The molecule has 0 radical (unpaired) electrons. The minimum atomic E-state index is -4.67. The summed E-state index contributed by atoms with van der Waals surface area (Å²) < 4.78 is 94.8. The highest BCUT2D eigenvalue weighted by atomic mass is 32.3. The van der Waals surface area contributed by atoms with Gasteiger partial charge in [0.1, 0.15) is 0 Å². The first-order chi connectivity index (χ1) is 42.0. The fourth-order valence-electron chi connectivity index (χ4n) is 7.24. The fraction of sp³-hybridized carbons (Fsp3) is 1.00. The molecule has 6 aliphatic heterocycles. The maximum Gasteiger partial charge on any atom is 0.394 e. The SMILES string of the molecule is C1CNCCNCCNCCN1.C1CNCCNCCNCCN1.C1CNCCNCCNCCN1.C1CNCCNCCNCCN1.C1CNCCNCCNCCN1.C1CNCCNCCNCCN1.O=S(=O)(O)O.O=S(=O)(O)O.O=S(=O)(O)O. The molecular weight excluding hydrogens is 1200 g/mol. The molecule has 6 heterocycles. The zero-order chi connectivity index (χ0) is 64.4. The van der Waals surface area contributed by atoms with E-state index in [1.54, 1.807) is 0 Å². The molecule has 0 saturated carbocycles. The zero-order valence-corrected chi connectivity index (χ0v) is 54.7. The van der Waals surface area contributed by atoms with Crippen molar-refractivity contribution in [3.8, 4) is 0 Å². The van der Waals surface area contributed by atoms with Crippen LogP contribution in [0, 0.1) is 0 Å². The Balaban J connectivity index is -0.000000929. The Morgan fingerprint density at radius 1 is 0.115 bits per heavy atom. The monoisotopic (exact) mass is 1330 g/mol. The lowest BCUT2D eigenvalue weighted by atomic mass is 10.4. The molecule has 36 nitrogen and oxygen atoms in total. The van der Waals surface area contributed by atoms with Gasteiger partial charge in [-0.05, 0) is 0 Å². The molecule has 0 atom stereocenters. The van der Waals surface area contributed by atoms with Crippen molar-refractivity contribution in [2.24, 2.45) is 0 Å². The van der Waals surface area contributed by atoms with E-state index in [-0.39, 0.29) is 0 Å². The lowest BCUT2D eigenvalue weighted by molar-refractivity contribution is 0.378. The van der Waals surface area contributed by atoms with Crippen molar-refractivity contribution in [1.82, 2.24) is 128 Å². The van der Waals surface area contributed by atoms with Crippen LogP contribution in [0.25, 0.3) is 0 Å². The van der Waals surface area contributed by atoms with Crippen molar-refractivity contribution in [2.45, 2.75) is 0 Å². The van der Waals surface area contributed by atoms with Crippen LogP contribution in [0.3, 0.4) is 0 Å². The molecule has 528 valence electrons. The summed E-state index contributed by atoms with van der Waals surface area (Å²) in [5.41, 5.74) is 0. The van der Waals surface area contributed by atoms with Crippen LogP contribution in [-0.4, -0.2) is 367 Å². The van der Waals surface area contributed by atoms with E-state index in [1.165, 1.54) is 0 Å². The third-order valence-electron chi connectivity index (χ3n) is 11.5. The largest absolute Gasteiger partial charge is 0.394 e. The Morgan fingerprint density at radius 3 is 0.161 bits per heavy atom. The van der Waals surface area contributed by atoms with Gasteiger partial charge in [-0.2, -0.15) is 25.3 Å². The minimum absolute atomic E-state index is 1.07. The number of rotatable bonds is 0. The molecule has 6 rings (SSSR count). The lowest BCUT2D eigenvalue weighted by Crippen LogP contribution is -2.39. The maximum absolute atomic E-state index is 8.74. The van der Waals surface area contributed by atoms with Crippen LogP contribution in [0.5, 0.6) is 0 Å². The minimum Gasteiger partial charge on any atom is -0.314 e. The first kappa shape index (κ1) is 89.8. The van der Waals surface area contributed by atoms with Crippen molar-refractivity contribution in [2.75, 3.05) is 314 Å². The van der Waals surface area contributed by atoms with Gasteiger partial charge < -0.3 is 128 Å². The van der Waals surface area contributed by atoms with E-state index in [9.17, 15) is 0 Å². The smallest absolute Gasteiger partial charge is 0.314 e. The Morgan fingerprint density at radius 2 is 0.138 bits per heavy atom. The Hall–Kier alpha value is -1.35. The van der Waals surface area contributed by atoms with Gasteiger partial charge in [0.25, 0.3) is 0 Å². The van der Waals surface area contributed by atoms with Crippen LogP contribution in [0.4, 0.5) is 0 Å². The van der Waals surface area contributed by atoms with Gasteiger partial charge in [-0.1, -0.05) is 0 Å². The lowest BCUT2D eigenvalue weighted by Gasteiger charge is -2.11. The normalized spacial score (nSPS) is 21.9. The van der Waals surface area contributed by atoms with Crippen molar-refractivity contribution in [3.05, 3.63) is 0 Å². The molecular formula is C48H126N24O12S3. The van der Waals surface area contributed by atoms with Gasteiger partial charge in [0.05, 0.1) is 0 Å². The van der Waals surface area contributed by atoms with Gasteiger partial charge in [0.15, 0.2) is 0 Å². The molecule has 0 aliphatic carbocycles. The van der Waals surface area contributed by atoms with E-state index in [0.29, 0.717) is 0 Å². The van der Waals surface area contributed by atoms with E-state index in [0.717, 1.165) is 314 Å². The number of hydrogen-bond acceptors (Lipinski definition) is 30. The van der Waals surface area contributed by atoms with E-state index < -0.39 is 31.2 Å². The number of nitrogens with one attached hydrogen (secondary N) is 24. The predicted molar refractivity (Wildman–Crippen MR) is 351 cm³/mol. The van der Waals surface area contributed by atoms with E-state index in [1.807, 2.05) is 0 Å². The van der Waals surface area contributed by atoms with Crippen LogP contribution in [0.2, 0.25) is 0 Å². The summed E-state index contributed by atoms with van der Waals surface area (Å²) in [5, 5.41) is 80.6. The highest BCUT2D eigenvalue weighted by Crippen LogP contribution is 1.72. The van der Waals surface area contributed by atoms with Crippen molar-refractivity contribution in [3.63, 3.8) is 0 Å². The Labute approximate surface area is 523 Å². The molecule has 0 aromatic heterocycles. The average Bonchev–Trinajstić information content (AvgIpc) is 3.42. The van der Waals surface area contributed by atoms with E-state index >= 15 is 0 Å². The fourth-order valence-corrected chi connectivity index (χ4v) is 7.24. The van der Waals surface area contributed by atoms with Gasteiger partial charge in [-0.3, -0.25) is 27.3 Å². The summed E-state index contributed by atoms with van der Waals surface area (Å²) in [6.07, 6.45) is 0. The molecule has 6 aliphatic rings. The average molecular weight is 1330 g/mol. The van der Waals surface area contributed by atoms with E-state index in [4.69, 9.17) is 52.6 Å². The standard InChI is InChI=1S/6C8H20N4.3H2O4S/c6*1-2-10-5-6-12-8-7-11-4-3-9-1;3*1-5(2,3)4/h6*9-12H,1-8H2;3*(H2,1,2,3,4). The van der Waals surface area contributed by atoms with Crippen molar-refractivity contribution in [1.29, 1.82) is 0 Å². The van der Waals surface area contributed by atoms with Crippen LogP contribution >= 0.6 is 0 Å². The second-order valence-corrected chi connectivity index (χ2v) is 22.0. The van der Waals surface area contributed by atoms with Crippen molar-refractivity contribution < 1.29 is 52.6 Å². The maximum atomic E-state index is 8.74. The first-order valence-corrected chi connectivity index (χ1v) is 35.3. The summed E-state index contributed by atoms with van der Waals surface area (Å²) in [5.74, 6) is 0. The first-order valence-electron chi connectivity index (χ1n) is 31.1. The molecule has 0 amide bonds. The summed E-state index contributed by atoms with van der Waals surface area (Å²) in [7, 11) is -14.0. The summed E-state index contributed by atoms with van der Waals surface area (Å²) in [6.45, 7) is 51.4. The molecule has 6 saturated heterocycles. The van der Waals surface area contributed by atoms with Gasteiger partial charge in [0.2, 0.25) is 0 Å². The van der Waals surface area contributed by atoms with Crippen LogP contribution in [0.1, 0.15) is 0 Å². The molecule has 0 aromatic rings. The molecule has 6 fully saturated rings. The second-order valence-electron chi connectivity index (χ2n) is 19.3. The molecule has 39 heteroatoms. The highest BCUT2D eigenvalue weighted by Gasteiger charge is 1.98. The third kappa shape index (κ3) is 116. The topological polar surface area (TPSA) is 513 Å². The van der Waals surface area contributed by atoms with Gasteiger partial charge in [-0.25, -0.2) is 0 Å². The third-order valence-corrected chi connectivity index (χ3v) is 11.5. The van der Waals surface area contributed by atoms with Gasteiger partial charge in [-0.15, -0.1) is 0 Å².